The Morgan fingerprint density at radius 2 is 2.00 bits per heavy atom. The summed E-state index contributed by atoms with van der Waals surface area (Å²) in [5, 5.41) is 34.1. The van der Waals surface area contributed by atoms with E-state index in [1.54, 1.807) is 20.8 Å². The summed E-state index contributed by atoms with van der Waals surface area (Å²) in [5.74, 6) is -1.30. The smallest absolute Gasteiger partial charge is 0.308 e. The van der Waals surface area contributed by atoms with Gasteiger partial charge in [0, 0.05) is 31.3 Å². The van der Waals surface area contributed by atoms with Crippen LogP contribution in [0.5, 0.6) is 0 Å². The summed E-state index contributed by atoms with van der Waals surface area (Å²) < 4.78 is 5.18. The van der Waals surface area contributed by atoms with E-state index < -0.39 is 29.0 Å². The Kier molecular flexibility index (Phi) is 8.64. The molecule has 0 spiro atoms. The Labute approximate surface area is 159 Å². The average Bonchev–Trinajstić information content (AvgIpc) is 2.56. The van der Waals surface area contributed by atoms with Crippen LogP contribution >= 0.6 is 0 Å². The van der Waals surface area contributed by atoms with Crippen molar-refractivity contribution in [2.45, 2.75) is 70.7 Å². The molecule has 0 aliphatic carbocycles. The number of aliphatic hydroxyl groups excluding tert-OH is 2. The molecule has 0 saturated carbocycles. The predicted molar refractivity (Wildman–Crippen MR) is 96.5 cm³/mol. The number of aliphatic hydroxyl groups is 3. The number of hydrogen-bond acceptors (Lipinski definition) is 7. The first-order chi connectivity index (χ1) is 12.5. The first-order valence-corrected chi connectivity index (χ1v) is 9.22. The number of nitrogens with one attached hydrogen (secondary N) is 2. The maximum Gasteiger partial charge on any atom is 0.308 e. The topological polar surface area (TPSA) is 145 Å². The fourth-order valence-corrected chi connectivity index (χ4v) is 2.79. The minimum atomic E-state index is -1.36. The second kappa shape index (κ2) is 10.0. The number of cyclic esters (lactones) is 1. The lowest BCUT2D eigenvalue weighted by Crippen LogP contribution is -2.46. The third-order valence-corrected chi connectivity index (χ3v) is 4.56. The van der Waals surface area contributed by atoms with E-state index in [1.807, 2.05) is 0 Å². The molecule has 9 nitrogen and oxygen atoms in total. The summed E-state index contributed by atoms with van der Waals surface area (Å²) in [7, 11) is 0. The van der Waals surface area contributed by atoms with Crippen molar-refractivity contribution in [1.82, 2.24) is 10.6 Å². The number of carbonyl (C=O) groups excluding carboxylic acids is 3. The molecule has 1 unspecified atom stereocenters. The molecule has 1 saturated heterocycles. The summed E-state index contributed by atoms with van der Waals surface area (Å²) in [6.07, 6.45) is -0.140. The number of hydrogen-bond donors (Lipinski definition) is 5. The molecule has 3 atom stereocenters. The molecular weight excluding hydrogens is 356 g/mol. The number of esters is 1. The summed E-state index contributed by atoms with van der Waals surface area (Å²) in [5.41, 5.74) is -2.00. The van der Waals surface area contributed by atoms with Crippen molar-refractivity contribution in [1.29, 1.82) is 0 Å². The van der Waals surface area contributed by atoms with Crippen molar-refractivity contribution in [3.8, 4) is 0 Å². The lowest BCUT2D eigenvalue weighted by molar-refractivity contribution is -0.168. The minimum Gasteiger partial charge on any atom is -0.462 e. The van der Waals surface area contributed by atoms with Crippen molar-refractivity contribution in [3.63, 3.8) is 0 Å². The van der Waals surface area contributed by atoms with E-state index in [4.69, 9.17) is 9.84 Å². The lowest BCUT2D eigenvalue weighted by atomic mass is 9.87. The summed E-state index contributed by atoms with van der Waals surface area (Å²) in [6, 6.07) is 0. The van der Waals surface area contributed by atoms with Crippen LogP contribution in [0.1, 0.15) is 52.9 Å². The van der Waals surface area contributed by atoms with Gasteiger partial charge in [0.05, 0.1) is 18.6 Å². The highest BCUT2D eigenvalue weighted by molar-refractivity contribution is 5.82. The number of ether oxygens (including phenoxy) is 1. The van der Waals surface area contributed by atoms with Gasteiger partial charge < -0.3 is 30.7 Å². The standard InChI is InChI=1S/C18H32N2O7/c1-17(2,11-21)15(24)16(25)20-8-6-13(22)19-7-4-5-12-9-18(3,26)10-14(23)27-12/h12,15,21,24,26H,4-11H2,1-3H3,(H,19,22)(H,20,25)/t12-,15?,18+/m0/s1. The van der Waals surface area contributed by atoms with E-state index in [2.05, 4.69) is 10.6 Å². The van der Waals surface area contributed by atoms with Crippen LogP contribution in [0.2, 0.25) is 0 Å². The van der Waals surface area contributed by atoms with Crippen LogP contribution in [-0.2, 0) is 19.1 Å². The van der Waals surface area contributed by atoms with Gasteiger partial charge in [0.15, 0.2) is 0 Å². The molecule has 1 heterocycles. The van der Waals surface area contributed by atoms with Crippen LogP contribution in [0.3, 0.4) is 0 Å². The number of carbonyl (C=O) groups is 3. The van der Waals surface area contributed by atoms with Gasteiger partial charge in [0.1, 0.15) is 12.2 Å². The van der Waals surface area contributed by atoms with Crippen LogP contribution < -0.4 is 10.6 Å². The van der Waals surface area contributed by atoms with E-state index >= 15 is 0 Å². The zero-order valence-corrected chi connectivity index (χ0v) is 16.3. The summed E-state index contributed by atoms with van der Waals surface area (Å²) in [4.78, 5) is 35.0. The highest BCUT2D eigenvalue weighted by Gasteiger charge is 2.35. The number of amides is 2. The van der Waals surface area contributed by atoms with Crippen LogP contribution in [0, 0.1) is 5.41 Å². The van der Waals surface area contributed by atoms with Crippen LogP contribution in [0.4, 0.5) is 0 Å². The molecule has 0 bridgehead atoms. The molecule has 2 amide bonds. The van der Waals surface area contributed by atoms with Crippen molar-refractivity contribution < 1.29 is 34.4 Å². The van der Waals surface area contributed by atoms with Gasteiger partial charge in [-0.25, -0.2) is 0 Å². The second-order valence-corrected chi connectivity index (χ2v) is 8.07. The Balaban J connectivity index is 2.17. The quantitative estimate of drug-likeness (QED) is 0.244. The number of rotatable bonds is 10. The van der Waals surface area contributed by atoms with Gasteiger partial charge in [-0.2, -0.15) is 0 Å². The highest BCUT2D eigenvalue weighted by atomic mass is 16.5. The molecule has 1 fully saturated rings. The first kappa shape index (κ1) is 23.3. The highest BCUT2D eigenvalue weighted by Crippen LogP contribution is 2.27. The molecule has 156 valence electrons. The van der Waals surface area contributed by atoms with E-state index in [0.717, 1.165) is 0 Å². The van der Waals surface area contributed by atoms with Crippen molar-refractivity contribution in [2.75, 3.05) is 19.7 Å². The fourth-order valence-electron chi connectivity index (χ4n) is 2.79. The van der Waals surface area contributed by atoms with Gasteiger partial charge in [0.25, 0.3) is 0 Å². The van der Waals surface area contributed by atoms with E-state index in [-0.39, 0.29) is 38.0 Å². The molecule has 0 aromatic heterocycles. The van der Waals surface area contributed by atoms with Crippen molar-refractivity contribution in [3.05, 3.63) is 0 Å². The third kappa shape index (κ3) is 8.23. The summed E-state index contributed by atoms with van der Waals surface area (Å²) >= 11 is 0. The van der Waals surface area contributed by atoms with Crippen molar-refractivity contribution in [2.24, 2.45) is 5.41 Å². The molecule has 0 radical (unpaired) electrons. The van der Waals surface area contributed by atoms with Gasteiger partial charge in [-0.3, -0.25) is 14.4 Å². The average molecular weight is 388 g/mol. The van der Waals surface area contributed by atoms with Crippen LogP contribution in [0.25, 0.3) is 0 Å². The minimum absolute atomic E-state index is 0.00383. The maximum atomic E-state index is 11.8. The Morgan fingerprint density at radius 1 is 1.33 bits per heavy atom. The molecule has 1 aliphatic heterocycles. The molecule has 1 aliphatic rings. The van der Waals surface area contributed by atoms with Crippen molar-refractivity contribution >= 4 is 17.8 Å². The second-order valence-electron chi connectivity index (χ2n) is 8.07. The third-order valence-electron chi connectivity index (χ3n) is 4.56. The molecule has 9 heteroatoms. The normalized spacial score (nSPS) is 24.1. The summed E-state index contributed by atoms with van der Waals surface area (Å²) in [6.45, 7) is 4.86. The molecule has 1 rings (SSSR count). The van der Waals surface area contributed by atoms with Crippen LogP contribution in [-0.4, -0.2) is 70.6 Å². The van der Waals surface area contributed by atoms with Crippen LogP contribution in [0.15, 0.2) is 0 Å². The molecular formula is C18H32N2O7. The largest absolute Gasteiger partial charge is 0.462 e. The first-order valence-electron chi connectivity index (χ1n) is 9.22. The maximum absolute atomic E-state index is 11.8. The van der Waals surface area contributed by atoms with E-state index in [1.165, 1.54) is 0 Å². The van der Waals surface area contributed by atoms with Gasteiger partial charge in [-0.15, -0.1) is 0 Å². The van der Waals surface area contributed by atoms with Gasteiger partial charge in [-0.1, -0.05) is 13.8 Å². The SMILES string of the molecule is CC(C)(CO)C(O)C(=O)NCCC(=O)NCCC[C@H]1C[C@@](C)(O)CC(=O)O1. The van der Waals surface area contributed by atoms with E-state index in [9.17, 15) is 24.6 Å². The van der Waals surface area contributed by atoms with E-state index in [0.29, 0.717) is 25.8 Å². The molecule has 5 N–H and O–H groups in total. The predicted octanol–water partition coefficient (Wildman–Crippen LogP) is -0.775. The molecule has 0 aromatic carbocycles. The Morgan fingerprint density at radius 3 is 2.59 bits per heavy atom. The monoisotopic (exact) mass is 388 g/mol. The Bertz CT molecular complexity index is 534. The zero-order chi connectivity index (χ0) is 20.7. The van der Waals surface area contributed by atoms with Gasteiger partial charge in [-0.05, 0) is 19.8 Å². The van der Waals surface area contributed by atoms with Gasteiger partial charge in [0.2, 0.25) is 11.8 Å². The zero-order valence-electron chi connectivity index (χ0n) is 16.3. The molecule has 0 aromatic rings. The Hall–Kier alpha value is -1.71. The fraction of sp³-hybridized carbons (Fsp3) is 0.833. The molecule has 27 heavy (non-hydrogen) atoms. The lowest BCUT2D eigenvalue weighted by Gasteiger charge is -2.33. The van der Waals surface area contributed by atoms with Gasteiger partial charge >= 0.3 is 5.97 Å².